The predicted molar refractivity (Wildman–Crippen MR) is 92.5 cm³/mol. The number of carbonyl (C=O) groups is 1. The maximum Gasteiger partial charge on any atom is 0.141 e. The van der Waals surface area contributed by atoms with Gasteiger partial charge in [0.15, 0.2) is 0 Å². The van der Waals surface area contributed by atoms with Gasteiger partial charge in [-0.3, -0.25) is 4.79 Å². The number of benzene rings is 1. The van der Waals surface area contributed by atoms with E-state index >= 15 is 0 Å². The van der Waals surface area contributed by atoms with E-state index in [-0.39, 0.29) is 11.3 Å². The Balaban J connectivity index is 1.69. The normalized spacial score (nSPS) is 37.7. The Morgan fingerprint density at radius 2 is 2.08 bits per heavy atom. The number of rotatable bonds is 4. The highest BCUT2D eigenvalue weighted by molar-refractivity contribution is 5.88. The van der Waals surface area contributed by atoms with Gasteiger partial charge in [0.1, 0.15) is 5.78 Å². The molecule has 4 rings (SSSR count). The molecule has 0 spiro atoms. The molecule has 0 aromatic heterocycles. The summed E-state index contributed by atoms with van der Waals surface area (Å²) in [6.07, 6.45) is 5.31. The molecule has 2 fully saturated rings. The molecular formula is C21H28O3. The van der Waals surface area contributed by atoms with Crippen LogP contribution < -0.4 is 0 Å². The van der Waals surface area contributed by atoms with E-state index in [1.165, 1.54) is 24.0 Å². The monoisotopic (exact) mass is 328 g/mol. The molecule has 5 atom stereocenters. The minimum absolute atomic E-state index is 0.00790. The summed E-state index contributed by atoms with van der Waals surface area (Å²) in [5.41, 5.74) is 2.70. The molecule has 0 radical (unpaired) electrons. The van der Waals surface area contributed by atoms with Gasteiger partial charge in [0.05, 0.1) is 13.2 Å². The number of ketones is 1. The molecule has 0 saturated heterocycles. The zero-order chi connectivity index (χ0) is 16.7. The summed E-state index contributed by atoms with van der Waals surface area (Å²) in [5.74, 6) is 2.15. The van der Waals surface area contributed by atoms with E-state index in [0.717, 1.165) is 12.8 Å². The molecule has 1 aromatic rings. The van der Waals surface area contributed by atoms with Crippen molar-refractivity contribution in [3.63, 3.8) is 0 Å². The van der Waals surface area contributed by atoms with E-state index in [1.807, 2.05) is 6.92 Å². The number of carbonyl (C=O) groups excluding carboxylic acids is 1. The number of hydrogen-bond donors (Lipinski definition) is 0. The fourth-order valence-electron chi connectivity index (χ4n) is 5.97. The predicted octanol–water partition coefficient (Wildman–Crippen LogP) is 4.31. The molecule has 0 bridgehead atoms. The molecule has 0 aliphatic heterocycles. The van der Waals surface area contributed by atoms with Crippen molar-refractivity contribution >= 4 is 5.78 Å². The lowest BCUT2D eigenvalue weighted by Crippen LogP contribution is -2.50. The Kier molecular flexibility index (Phi) is 4.26. The second-order valence-electron chi connectivity index (χ2n) is 8.11. The van der Waals surface area contributed by atoms with Crippen molar-refractivity contribution in [1.82, 2.24) is 0 Å². The van der Waals surface area contributed by atoms with Gasteiger partial charge in [0, 0.05) is 17.8 Å². The van der Waals surface area contributed by atoms with Crippen LogP contribution in [0.1, 0.15) is 56.6 Å². The van der Waals surface area contributed by atoms with E-state index in [9.17, 15) is 4.79 Å². The van der Waals surface area contributed by atoms with Crippen LogP contribution in [0.4, 0.5) is 0 Å². The largest absolute Gasteiger partial charge is 0.299 e. The molecule has 0 unspecified atom stereocenters. The van der Waals surface area contributed by atoms with Gasteiger partial charge >= 0.3 is 0 Å². The third-order valence-corrected chi connectivity index (χ3v) is 6.84. The molecule has 24 heavy (non-hydrogen) atoms. The molecule has 130 valence electrons. The maximum atomic E-state index is 13.2. The van der Waals surface area contributed by atoms with Crippen LogP contribution in [0.2, 0.25) is 0 Å². The second-order valence-corrected chi connectivity index (χ2v) is 8.11. The van der Waals surface area contributed by atoms with E-state index in [4.69, 9.17) is 9.78 Å². The Hall–Kier alpha value is -1.19. The van der Waals surface area contributed by atoms with Crippen molar-refractivity contribution in [2.45, 2.75) is 51.9 Å². The summed E-state index contributed by atoms with van der Waals surface area (Å²) < 4.78 is 0. The smallest absolute Gasteiger partial charge is 0.141 e. The number of Topliss-reactive ketones (excluding diaryl/α,β-unsaturated/α-hetero) is 1. The zero-order valence-corrected chi connectivity index (χ0v) is 14.8. The first-order valence-corrected chi connectivity index (χ1v) is 9.51. The highest BCUT2D eigenvalue weighted by Gasteiger charge is 2.57. The molecule has 3 aliphatic rings. The van der Waals surface area contributed by atoms with Crippen molar-refractivity contribution in [3.8, 4) is 0 Å². The van der Waals surface area contributed by atoms with Crippen LogP contribution in [-0.4, -0.2) is 19.0 Å². The molecule has 1 aromatic carbocycles. The second kappa shape index (κ2) is 6.27. The van der Waals surface area contributed by atoms with Gasteiger partial charge in [-0.25, -0.2) is 9.78 Å². The van der Waals surface area contributed by atoms with Gasteiger partial charge in [-0.2, -0.15) is 0 Å². The number of fused-ring (bicyclic) bond motifs is 5. The first kappa shape index (κ1) is 16.3. The summed E-state index contributed by atoms with van der Waals surface area (Å²) in [4.78, 5) is 23.9. The van der Waals surface area contributed by atoms with Gasteiger partial charge < -0.3 is 0 Å². The summed E-state index contributed by atoms with van der Waals surface area (Å²) in [6, 6.07) is 8.60. The topological polar surface area (TPSA) is 35.5 Å². The Labute approximate surface area is 144 Å². The van der Waals surface area contributed by atoms with Gasteiger partial charge in [0.25, 0.3) is 0 Å². The van der Waals surface area contributed by atoms with Crippen molar-refractivity contribution in [2.75, 3.05) is 13.2 Å². The highest BCUT2D eigenvalue weighted by atomic mass is 17.2. The van der Waals surface area contributed by atoms with Crippen molar-refractivity contribution in [2.24, 2.45) is 23.2 Å². The lowest BCUT2D eigenvalue weighted by Gasteiger charge is -2.51. The van der Waals surface area contributed by atoms with Gasteiger partial charge in [-0.05, 0) is 55.1 Å². The van der Waals surface area contributed by atoms with Gasteiger partial charge in [-0.15, -0.1) is 0 Å². The number of hydrogen-bond acceptors (Lipinski definition) is 3. The third-order valence-electron chi connectivity index (χ3n) is 6.84. The molecule has 0 heterocycles. The minimum atomic E-state index is 0.00790. The van der Waals surface area contributed by atoms with Crippen LogP contribution >= 0.6 is 0 Å². The fourth-order valence-corrected chi connectivity index (χ4v) is 5.97. The molecule has 3 aliphatic carbocycles. The van der Waals surface area contributed by atoms with Crippen molar-refractivity contribution in [3.05, 3.63) is 35.4 Å². The first-order chi connectivity index (χ1) is 11.7. The van der Waals surface area contributed by atoms with Gasteiger partial charge in [-0.1, -0.05) is 37.6 Å². The SMILES string of the molecule is CCOOC[C@@]12CCC[C@H]1[C@@H]1[C@H](C)Cc3ccccc3[C@H]1C(=O)C2. The lowest BCUT2D eigenvalue weighted by atomic mass is 9.52. The van der Waals surface area contributed by atoms with Crippen LogP contribution in [-0.2, 0) is 21.0 Å². The summed E-state index contributed by atoms with van der Waals surface area (Å²) in [7, 11) is 0. The molecule has 0 amide bonds. The van der Waals surface area contributed by atoms with E-state index in [2.05, 4.69) is 31.2 Å². The van der Waals surface area contributed by atoms with Crippen molar-refractivity contribution < 1.29 is 14.6 Å². The maximum absolute atomic E-state index is 13.2. The average Bonchev–Trinajstić information content (AvgIpc) is 2.98. The highest BCUT2D eigenvalue weighted by Crippen LogP contribution is 2.61. The average molecular weight is 328 g/mol. The van der Waals surface area contributed by atoms with Gasteiger partial charge in [0.2, 0.25) is 0 Å². The zero-order valence-electron chi connectivity index (χ0n) is 14.8. The molecule has 2 saturated carbocycles. The van der Waals surface area contributed by atoms with E-state index in [0.29, 0.717) is 43.2 Å². The molecular weight excluding hydrogens is 300 g/mol. The van der Waals surface area contributed by atoms with Crippen LogP contribution in [0.5, 0.6) is 0 Å². The summed E-state index contributed by atoms with van der Waals surface area (Å²) in [5, 5.41) is 0. The summed E-state index contributed by atoms with van der Waals surface area (Å²) in [6.45, 7) is 5.42. The van der Waals surface area contributed by atoms with Crippen molar-refractivity contribution in [1.29, 1.82) is 0 Å². The molecule has 3 nitrogen and oxygen atoms in total. The Morgan fingerprint density at radius 3 is 2.92 bits per heavy atom. The fraction of sp³-hybridized carbons (Fsp3) is 0.667. The Bertz CT molecular complexity index is 625. The van der Waals surface area contributed by atoms with Crippen LogP contribution in [0.15, 0.2) is 24.3 Å². The van der Waals surface area contributed by atoms with E-state index in [1.54, 1.807) is 0 Å². The van der Waals surface area contributed by atoms with Crippen LogP contribution in [0.25, 0.3) is 0 Å². The molecule has 0 N–H and O–H groups in total. The summed E-state index contributed by atoms with van der Waals surface area (Å²) >= 11 is 0. The van der Waals surface area contributed by atoms with E-state index < -0.39 is 0 Å². The first-order valence-electron chi connectivity index (χ1n) is 9.51. The Morgan fingerprint density at radius 1 is 1.25 bits per heavy atom. The van der Waals surface area contributed by atoms with Crippen LogP contribution in [0, 0.1) is 23.2 Å². The van der Waals surface area contributed by atoms with Crippen LogP contribution in [0.3, 0.4) is 0 Å². The minimum Gasteiger partial charge on any atom is -0.299 e. The molecule has 3 heteroatoms. The third kappa shape index (κ3) is 2.44. The lowest BCUT2D eigenvalue weighted by molar-refractivity contribution is -0.312. The standard InChI is InChI=1S/C21H28O3/c1-3-23-24-13-21-10-6-9-17(21)19-14(2)11-15-7-4-5-8-16(15)20(19)18(22)12-21/h4-5,7-8,14,17,19-20H,3,6,9-13H2,1-2H3/t14-,17+,19+,20+,21+/m1/s1. The quantitative estimate of drug-likeness (QED) is 0.469.